The van der Waals surface area contributed by atoms with E-state index in [-0.39, 0.29) is 11.9 Å². The first-order valence-corrected chi connectivity index (χ1v) is 7.14. The molecule has 20 heavy (non-hydrogen) atoms. The largest absolute Gasteiger partial charge is 0.496 e. The number of aryl methyl sites for hydroxylation is 1. The van der Waals surface area contributed by atoms with E-state index < -0.39 is 5.60 Å². The summed E-state index contributed by atoms with van der Waals surface area (Å²) in [6, 6.07) is 5.68. The minimum Gasteiger partial charge on any atom is -0.496 e. The Balaban J connectivity index is 2.13. The van der Waals surface area contributed by atoms with Crippen LogP contribution >= 0.6 is 0 Å². The van der Waals surface area contributed by atoms with Crippen molar-refractivity contribution in [1.82, 2.24) is 5.32 Å². The zero-order chi connectivity index (χ0) is 14.8. The molecule has 1 aromatic rings. The summed E-state index contributed by atoms with van der Waals surface area (Å²) >= 11 is 0. The fourth-order valence-electron chi connectivity index (χ4n) is 2.79. The van der Waals surface area contributed by atoms with Gasteiger partial charge in [-0.05, 0) is 45.6 Å². The second kappa shape index (κ2) is 5.83. The molecule has 4 nitrogen and oxygen atoms in total. The highest BCUT2D eigenvalue weighted by Crippen LogP contribution is 2.31. The lowest BCUT2D eigenvalue weighted by atomic mass is 9.99. The molecule has 1 aliphatic rings. The molecule has 0 bridgehead atoms. The number of benzene rings is 1. The van der Waals surface area contributed by atoms with Gasteiger partial charge in [0.2, 0.25) is 0 Å². The predicted molar refractivity (Wildman–Crippen MR) is 77.7 cm³/mol. The molecule has 0 aliphatic heterocycles. The van der Waals surface area contributed by atoms with Crippen molar-refractivity contribution >= 4 is 5.91 Å². The van der Waals surface area contributed by atoms with Gasteiger partial charge in [0.15, 0.2) is 0 Å². The van der Waals surface area contributed by atoms with Crippen LogP contribution in [0, 0.1) is 6.92 Å². The van der Waals surface area contributed by atoms with Gasteiger partial charge in [0.25, 0.3) is 5.91 Å². The van der Waals surface area contributed by atoms with E-state index in [0.717, 1.165) is 29.7 Å². The van der Waals surface area contributed by atoms with E-state index in [1.807, 2.05) is 32.0 Å². The average molecular weight is 277 g/mol. The summed E-state index contributed by atoms with van der Waals surface area (Å²) in [4.78, 5) is 12.2. The van der Waals surface area contributed by atoms with Crippen LogP contribution in [-0.2, 0) is 4.79 Å². The lowest BCUT2D eigenvalue weighted by Gasteiger charge is -2.25. The Morgan fingerprint density at radius 3 is 2.65 bits per heavy atom. The van der Waals surface area contributed by atoms with Gasteiger partial charge in [0.05, 0.1) is 13.2 Å². The predicted octanol–water partition coefficient (Wildman–Crippen LogP) is 2.49. The quantitative estimate of drug-likeness (QED) is 0.889. The van der Waals surface area contributed by atoms with Crippen LogP contribution in [-0.4, -0.2) is 23.7 Å². The van der Waals surface area contributed by atoms with Crippen molar-refractivity contribution in [2.24, 2.45) is 0 Å². The van der Waals surface area contributed by atoms with Gasteiger partial charge in [-0.2, -0.15) is 0 Å². The van der Waals surface area contributed by atoms with Gasteiger partial charge in [0.1, 0.15) is 11.4 Å². The van der Waals surface area contributed by atoms with E-state index in [4.69, 9.17) is 4.74 Å². The molecule has 2 rings (SSSR count). The van der Waals surface area contributed by atoms with Gasteiger partial charge in [-0.1, -0.05) is 17.7 Å². The lowest BCUT2D eigenvalue weighted by molar-refractivity contribution is -0.139. The number of hydrogen-bond donors (Lipinski definition) is 2. The standard InChI is InChI=1S/C16H23NO3/c1-11-6-7-14(20-3)13(10-11)12(2)17-15(18)16(19)8-4-5-9-16/h6-7,10,12,19H,4-5,8-9H2,1-3H3,(H,17,18). The SMILES string of the molecule is COc1ccc(C)cc1C(C)NC(=O)C1(O)CCCC1. The molecule has 0 heterocycles. The molecular weight excluding hydrogens is 254 g/mol. The average Bonchev–Trinajstić information content (AvgIpc) is 2.87. The fraction of sp³-hybridized carbons (Fsp3) is 0.562. The van der Waals surface area contributed by atoms with E-state index in [2.05, 4.69) is 5.32 Å². The number of aliphatic hydroxyl groups is 1. The molecule has 2 N–H and O–H groups in total. The zero-order valence-corrected chi connectivity index (χ0v) is 12.4. The topological polar surface area (TPSA) is 58.6 Å². The zero-order valence-electron chi connectivity index (χ0n) is 12.4. The maximum atomic E-state index is 12.2. The van der Waals surface area contributed by atoms with Crippen molar-refractivity contribution in [3.05, 3.63) is 29.3 Å². The molecule has 110 valence electrons. The van der Waals surface area contributed by atoms with Crippen molar-refractivity contribution < 1.29 is 14.6 Å². The first kappa shape index (κ1) is 14.9. The highest BCUT2D eigenvalue weighted by Gasteiger charge is 2.39. The molecule has 1 atom stereocenters. The molecule has 1 aromatic carbocycles. The van der Waals surface area contributed by atoms with Gasteiger partial charge in [-0.25, -0.2) is 0 Å². The summed E-state index contributed by atoms with van der Waals surface area (Å²) < 4.78 is 5.34. The highest BCUT2D eigenvalue weighted by molar-refractivity contribution is 5.85. The van der Waals surface area contributed by atoms with Gasteiger partial charge in [-0.3, -0.25) is 4.79 Å². The third-order valence-corrected chi connectivity index (χ3v) is 4.05. The Morgan fingerprint density at radius 1 is 1.40 bits per heavy atom. The number of carbonyl (C=O) groups excluding carboxylic acids is 1. The number of carbonyl (C=O) groups is 1. The molecule has 4 heteroatoms. The van der Waals surface area contributed by atoms with Crippen molar-refractivity contribution in [2.75, 3.05) is 7.11 Å². The Morgan fingerprint density at radius 2 is 2.05 bits per heavy atom. The molecule has 0 saturated heterocycles. The second-order valence-electron chi connectivity index (χ2n) is 5.68. The van der Waals surface area contributed by atoms with E-state index >= 15 is 0 Å². The summed E-state index contributed by atoms with van der Waals surface area (Å²) in [6.45, 7) is 3.91. The highest BCUT2D eigenvalue weighted by atomic mass is 16.5. The molecule has 1 aliphatic carbocycles. The number of rotatable bonds is 4. The number of ether oxygens (including phenoxy) is 1. The van der Waals surface area contributed by atoms with Crippen molar-refractivity contribution in [2.45, 2.75) is 51.2 Å². The van der Waals surface area contributed by atoms with Crippen LogP contribution in [0.1, 0.15) is 49.8 Å². The molecule has 0 spiro atoms. The van der Waals surface area contributed by atoms with Crippen LogP contribution in [0.15, 0.2) is 18.2 Å². The van der Waals surface area contributed by atoms with Crippen LogP contribution in [0.3, 0.4) is 0 Å². The molecule has 1 amide bonds. The summed E-state index contributed by atoms with van der Waals surface area (Å²) in [5.41, 5.74) is 0.856. The molecular formula is C16H23NO3. The summed E-state index contributed by atoms with van der Waals surface area (Å²) in [6.07, 6.45) is 2.92. The van der Waals surface area contributed by atoms with Crippen LogP contribution in [0.25, 0.3) is 0 Å². The molecule has 0 aromatic heterocycles. The smallest absolute Gasteiger partial charge is 0.252 e. The monoisotopic (exact) mass is 277 g/mol. The van der Waals surface area contributed by atoms with Crippen LogP contribution in [0.2, 0.25) is 0 Å². The fourth-order valence-corrected chi connectivity index (χ4v) is 2.79. The first-order valence-electron chi connectivity index (χ1n) is 7.14. The Kier molecular flexibility index (Phi) is 4.33. The molecule has 0 radical (unpaired) electrons. The third-order valence-electron chi connectivity index (χ3n) is 4.05. The number of methoxy groups -OCH3 is 1. The first-order chi connectivity index (χ1) is 9.46. The van der Waals surface area contributed by atoms with E-state index in [0.29, 0.717) is 12.8 Å². The van der Waals surface area contributed by atoms with Crippen molar-refractivity contribution in [1.29, 1.82) is 0 Å². The molecule has 1 saturated carbocycles. The summed E-state index contributed by atoms with van der Waals surface area (Å²) in [5, 5.41) is 13.2. The Hall–Kier alpha value is -1.55. The normalized spacial score (nSPS) is 18.6. The van der Waals surface area contributed by atoms with Crippen molar-refractivity contribution in [3.8, 4) is 5.75 Å². The third kappa shape index (κ3) is 2.96. The summed E-state index contributed by atoms with van der Waals surface area (Å²) in [7, 11) is 1.62. The number of nitrogens with one attached hydrogen (secondary N) is 1. The lowest BCUT2D eigenvalue weighted by Crippen LogP contribution is -2.45. The van der Waals surface area contributed by atoms with Crippen LogP contribution in [0.5, 0.6) is 5.75 Å². The van der Waals surface area contributed by atoms with Gasteiger partial charge in [-0.15, -0.1) is 0 Å². The number of hydrogen-bond acceptors (Lipinski definition) is 3. The maximum Gasteiger partial charge on any atom is 0.252 e. The Bertz CT molecular complexity index is 492. The van der Waals surface area contributed by atoms with Crippen LogP contribution in [0.4, 0.5) is 0 Å². The summed E-state index contributed by atoms with van der Waals surface area (Å²) in [5.74, 6) is 0.480. The van der Waals surface area contributed by atoms with Gasteiger partial charge >= 0.3 is 0 Å². The Labute approximate surface area is 120 Å². The minimum absolute atomic E-state index is 0.193. The van der Waals surface area contributed by atoms with Gasteiger partial charge in [0, 0.05) is 5.56 Å². The van der Waals surface area contributed by atoms with Crippen LogP contribution < -0.4 is 10.1 Å². The van der Waals surface area contributed by atoms with E-state index in [1.54, 1.807) is 7.11 Å². The molecule has 1 unspecified atom stereocenters. The van der Waals surface area contributed by atoms with E-state index in [9.17, 15) is 9.90 Å². The number of amides is 1. The van der Waals surface area contributed by atoms with Crippen molar-refractivity contribution in [3.63, 3.8) is 0 Å². The minimum atomic E-state index is -1.19. The van der Waals surface area contributed by atoms with Gasteiger partial charge < -0.3 is 15.2 Å². The molecule has 1 fully saturated rings. The van der Waals surface area contributed by atoms with E-state index in [1.165, 1.54) is 0 Å². The second-order valence-corrected chi connectivity index (χ2v) is 5.68. The maximum absolute atomic E-state index is 12.2.